The first-order valence-electron chi connectivity index (χ1n) is 5.67. The molecule has 0 radical (unpaired) electrons. The van der Waals surface area contributed by atoms with E-state index < -0.39 is 0 Å². The lowest BCUT2D eigenvalue weighted by molar-refractivity contribution is -0.122. The van der Waals surface area contributed by atoms with Gasteiger partial charge in [0.1, 0.15) is 4.32 Å². The zero-order valence-corrected chi connectivity index (χ0v) is 11.9. The van der Waals surface area contributed by atoms with Crippen molar-refractivity contribution in [1.82, 2.24) is 4.90 Å². The second-order valence-corrected chi connectivity index (χ2v) is 5.53. The first-order valence-corrected chi connectivity index (χ1v) is 6.89. The standard InChI is InChI=1S/C13H14N2OS2/c1-3-15-12(16)11(18-13(15)17)9-14(2)10-7-5-4-6-8-10/h4-9H,3H2,1-2H3/b11-9+. The first kappa shape index (κ1) is 13.1. The summed E-state index contributed by atoms with van der Waals surface area (Å²) in [4.78, 5) is 16.3. The highest BCUT2D eigenvalue weighted by atomic mass is 32.2. The summed E-state index contributed by atoms with van der Waals surface area (Å²) in [5.41, 5.74) is 1.04. The fourth-order valence-corrected chi connectivity index (χ4v) is 3.08. The summed E-state index contributed by atoms with van der Waals surface area (Å²) in [6.45, 7) is 2.55. The molecule has 94 valence electrons. The molecule has 1 heterocycles. The van der Waals surface area contributed by atoms with Gasteiger partial charge in [0.2, 0.25) is 0 Å². The average molecular weight is 278 g/mol. The van der Waals surface area contributed by atoms with Crippen LogP contribution in [0.2, 0.25) is 0 Å². The summed E-state index contributed by atoms with van der Waals surface area (Å²) < 4.78 is 0.634. The number of hydrogen-bond donors (Lipinski definition) is 0. The van der Waals surface area contributed by atoms with Crippen molar-refractivity contribution in [1.29, 1.82) is 0 Å². The number of likely N-dealkylation sites (N-methyl/N-ethyl adjacent to an activating group) is 1. The fourth-order valence-electron chi connectivity index (χ4n) is 1.68. The number of rotatable bonds is 3. The third-order valence-electron chi connectivity index (χ3n) is 2.66. The third kappa shape index (κ3) is 2.57. The van der Waals surface area contributed by atoms with E-state index in [1.807, 2.05) is 55.4 Å². The smallest absolute Gasteiger partial charge is 0.267 e. The molecule has 2 rings (SSSR count). The second-order valence-electron chi connectivity index (χ2n) is 3.86. The van der Waals surface area contributed by atoms with Crippen LogP contribution in [-0.2, 0) is 4.79 Å². The second kappa shape index (κ2) is 5.54. The van der Waals surface area contributed by atoms with Crippen LogP contribution in [-0.4, -0.2) is 28.7 Å². The summed E-state index contributed by atoms with van der Waals surface area (Å²) >= 11 is 6.53. The van der Waals surface area contributed by atoms with Crippen molar-refractivity contribution in [2.24, 2.45) is 0 Å². The topological polar surface area (TPSA) is 23.6 Å². The molecular formula is C13H14N2OS2. The Balaban J connectivity index is 2.20. The van der Waals surface area contributed by atoms with Crippen molar-refractivity contribution < 1.29 is 4.79 Å². The van der Waals surface area contributed by atoms with E-state index in [4.69, 9.17) is 12.2 Å². The van der Waals surface area contributed by atoms with Crippen molar-refractivity contribution in [3.8, 4) is 0 Å². The maximum Gasteiger partial charge on any atom is 0.267 e. The number of amides is 1. The van der Waals surface area contributed by atoms with E-state index in [2.05, 4.69) is 0 Å². The minimum atomic E-state index is -0.00437. The van der Waals surface area contributed by atoms with Gasteiger partial charge in [0.05, 0.1) is 4.91 Å². The van der Waals surface area contributed by atoms with Crippen LogP contribution in [0.25, 0.3) is 0 Å². The highest BCUT2D eigenvalue weighted by molar-refractivity contribution is 8.26. The van der Waals surface area contributed by atoms with Crippen LogP contribution in [0.3, 0.4) is 0 Å². The zero-order chi connectivity index (χ0) is 13.1. The summed E-state index contributed by atoms with van der Waals surface area (Å²) in [6, 6.07) is 9.90. The molecule has 0 saturated carbocycles. The minimum absolute atomic E-state index is 0.00437. The van der Waals surface area contributed by atoms with Crippen LogP contribution in [0.5, 0.6) is 0 Å². The van der Waals surface area contributed by atoms with Crippen LogP contribution in [0.15, 0.2) is 41.4 Å². The molecule has 0 unspecified atom stereocenters. The quantitative estimate of drug-likeness (QED) is 0.626. The summed E-state index contributed by atoms with van der Waals surface area (Å²) in [5.74, 6) is -0.00437. The SMILES string of the molecule is CCN1C(=O)/C(=C\N(C)c2ccccc2)SC1=S. The zero-order valence-electron chi connectivity index (χ0n) is 10.3. The van der Waals surface area contributed by atoms with Crippen molar-refractivity contribution in [3.63, 3.8) is 0 Å². The van der Waals surface area contributed by atoms with Gasteiger partial charge in [-0.2, -0.15) is 0 Å². The molecule has 3 nitrogen and oxygen atoms in total. The van der Waals surface area contributed by atoms with Gasteiger partial charge in [-0.25, -0.2) is 0 Å². The van der Waals surface area contributed by atoms with E-state index in [1.54, 1.807) is 4.90 Å². The maximum atomic E-state index is 12.0. The number of thioether (sulfide) groups is 1. The number of carbonyl (C=O) groups excluding carboxylic acids is 1. The lowest BCUT2D eigenvalue weighted by atomic mass is 10.3. The predicted octanol–water partition coefficient (Wildman–Crippen LogP) is 2.84. The minimum Gasteiger partial charge on any atom is -0.350 e. The Kier molecular flexibility index (Phi) is 4.04. The van der Waals surface area contributed by atoms with Crippen LogP contribution in [0, 0.1) is 0 Å². The Labute approximate surface area is 116 Å². The monoisotopic (exact) mass is 278 g/mol. The van der Waals surface area contributed by atoms with Crippen LogP contribution in [0.1, 0.15) is 6.92 Å². The molecule has 0 bridgehead atoms. The Morgan fingerprint density at radius 2 is 2.06 bits per heavy atom. The number of para-hydroxylation sites is 1. The van der Waals surface area contributed by atoms with Crippen molar-refractivity contribution >= 4 is 39.9 Å². The Morgan fingerprint density at radius 1 is 1.39 bits per heavy atom. The predicted molar refractivity (Wildman–Crippen MR) is 80.5 cm³/mol. The van der Waals surface area contributed by atoms with E-state index in [0.29, 0.717) is 15.8 Å². The molecule has 1 aliphatic rings. The van der Waals surface area contributed by atoms with Crippen molar-refractivity contribution in [2.75, 3.05) is 18.5 Å². The summed E-state index contributed by atoms with van der Waals surface area (Å²) in [7, 11) is 1.92. The van der Waals surface area contributed by atoms with Gasteiger partial charge in [-0.1, -0.05) is 42.2 Å². The van der Waals surface area contributed by atoms with Crippen LogP contribution >= 0.6 is 24.0 Å². The normalized spacial score (nSPS) is 17.7. The lowest BCUT2D eigenvalue weighted by Gasteiger charge is -2.14. The molecule has 1 aromatic rings. The van der Waals surface area contributed by atoms with Gasteiger partial charge in [0, 0.05) is 25.5 Å². The molecule has 1 aromatic carbocycles. The number of benzene rings is 1. The summed E-state index contributed by atoms with van der Waals surface area (Å²) in [6.07, 6.45) is 1.84. The Hall–Kier alpha value is -1.33. The van der Waals surface area contributed by atoms with Gasteiger partial charge in [0.25, 0.3) is 5.91 Å². The van der Waals surface area contributed by atoms with E-state index in [-0.39, 0.29) is 5.91 Å². The molecule has 0 spiro atoms. The van der Waals surface area contributed by atoms with Gasteiger partial charge < -0.3 is 4.90 Å². The van der Waals surface area contributed by atoms with Gasteiger partial charge >= 0.3 is 0 Å². The largest absolute Gasteiger partial charge is 0.350 e. The first-order chi connectivity index (χ1) is 8.63. The lowest BCUT2D eigenvalue weighted by Crippen LogP contribution is -2.27. The Bertz CT molecular complexity index is 499. The number of anilines is 1. The highest BCUT2D eigenvalue weighted by Crippen LogP contribution is 2.31. The maximum absolute atomic E-state index is 12.0. The van der Waals surface area contributed by atoms with Gasteiger partial charge in [-0.3, -0.25) is 9.69 Å². The molecular weight excluding hydrogens is 264 g/mol. The molecule has 0 atom stereocenters. The Morgan fingerprint density at radius 3 is 2.61 bits per heavy atom. The van der Waals surface area contributed by atoms with Crippen LogP contribution in [0.4, 0.5) is 5.69 Å². The molecule has 0 aliphatic carbocycles. The summed E-state index contributed by atoms with van der Waals surface area (Å²) in [5, 5.41) is 0. The molecule has 1 fully saturated rings. The molecule has 18 heavy (non-hydrogen) atoms. The van der Waals surface area contributed by atoms with Gasteiger partial charge in [-0.05, 0) is 19.1 Å². The van der Waals surface area contributed by atoms with E-state index in [1.165, 1.54) is 11.8 Å². The molecule has 1 amide bonds. The molecule has 0 aromatic heterocycles. The number of hydrogen-bond acceptors (Lipinski definition) is 4. The number of thiocarbonyl (C=S) groups is 1. The molecule has 5 heteroatoms. The third-order valence-corrected chi connectivity index (χ3v) is 4.03. The number of carbonyl (C=O) groups is 1. The van der Waals surface area contributed by atoms with Gasteiger partial charge in [0.15, 0.2) is 0 Å². The highest BCUT2D eigenvalue weighted by Gasteiger charge is 2.30. The van der Waals surface area contributed by atoms with E-state index in [0.717, 1.165) is 5.69 Å². The molecule has 0 N–H and O–H groups in total. The fraction of sp³-hybridized carbons (Fsp3) is 0.231. The van der Waals surface area contributed by atoms with Crippen LogP contribution < -0.4 is 4.90 Å². The van der Waals surface area contributed by atoms with Crippen molar-refractivity contribution in [2.45, 2.75) is 6.92 Å². The van der Waals surface area contributed by atoms with Gasteiger partial charge in [-0.15, -0.1) is 0 Å². The van der Waals surface area contributed by atoms with E-state index in [9.17, 15) is 4.79 Å². The van der Waals surface area contributed by atoms with Crippen molar-refractivity contribution in [3.05, 3.63) is 41.4 Å². The molecule has 1 saturated heterocycles. The average Bonchev–Trinajstić information content (AvgIpc) is 2.65. The van der Waals surface area contributed by atoms with E-state index >= 15 is 0 Å². The molecule has 1 aliphatic heterocycles. The number of nitrogens with zero attached hydrogens (tertiary/aromatic N) is 2.